The number of nitrogens with one attached hydrogen (secondary N) is 1. The van der Waals surface area contributed by atoms with Gasteiger partial charge in [0, 0.05) is 23.7 Å². The third-order valence-corrected chi connectivity index (χ3v) is 4.98. The fraction of sp³-hybridized carbons (Fsp3) is 0.500. The number of hydrogen-bond acceptors (Lipinski definition) is 5. The predicted octanol–water partition coefficient (Wildman–Crippen LogP) is 3.93. The van der Waals surface area contributed by atoms with Gasteiger partial charge in [0.1, 0.15) is 17.1 Å². The minimum atomic E-state index is -1.05. The van der Waals surface area contributed by atoms with Gasteiger partial charge in [-0.15, -0.1) is 0 Å². The summed E-state index contributed by atoms with van der Waals surface area (Å²) in [5.74, 6) is 0.130. The van der Waals surface area contributed by atoms with Crippen molar-refractivity contribution in [2.24, 2.45) is 0 Å². The van der Waals surface area contributed by atoms with Gasteiger partial charge in [-0.2, -0.15) is 5.10 Å². The van der Waals surface area contributed by atoms with Crippen LogP contribution in [0.1, 0.15) is 58.7 Å². The maximum atomic E-state index is 15.0. The highest BCUT2D eigenvalue weighted by Gasteiger charge is 2.53. The highest BCUT2D eigenvalue weighted by Crippen LogP contribution is 2.39. The molecule has 26 heavy (non-hydrogen) atoms. The Balaban J connectivity index is 2.01. The van der Waals surface area contributed by atoms with Crippen molar-refractivity contribution in [2.45, 2.75) is 58.7 Å². The number of nitrogens with zero attached hydrogens (tertiary/aromatic N) is 3. The van der Waals surface area contributed by atoms with Gasteiger partial charge in [-0.25, -0.2) is 4.39 Å². The van der Waals surface area contributed by atoms with Gasteiger partial charge in [-0.05, 0) is 39.7 Å². The number of aromatic amines is 1. The zero-order valence-electron chi connectivity index (χ0n) is 16.0. The van der Waals surface area contributed by atoms with E-state index in [0.29, 0.717) is 17.0 Å². The summed E-state index contributed by atoms with van der Waals surface area (Å²) in [6.45, 7) is 11.6. The maximum Gasteiger partial charge on any atom is 0.525 e. The van der Waals surface area contributed by atoms with E-state index in [4.69, 9.17) is 9.31 Å². The average Bonchev–Trinajstić information content (AvgIpc) is 3.07. The van der Waals surface area contributed by atoms with Crippen LogP contribution in [0.15, 0.2) is 24.3 Å². The first-order valence-electron chi connectivity index (χ1n) is 8.70. The Kier molecular flexibility index (Phi) is 4.75. The molecule has 1 aliphatic rings. The van der Waals surface area contributed by atoms with E-state index < -0.39 is 24.0 Å². The SMILES string of the molecule is CC(C)c1[nH]nc(-c2cnccn2)c1C=C(F)B1OC(C)(C)C(C)(C)O1. The molecule has 3 heterocycles. The molecule has 1 fully saturated rings. The predicted molar refractivity (Wildman–Crippen MR) is 98.9 cm³/mol. The van der Waals surface area contributed by atoms with Crippen LogP contribution in [0, 0.1) is 0 Å². The van der Waals surface area contributed by atoms with Crippen LogP contribution in [0.4, 0.5) is 4.39 Å². The zero-order chi connectivity index (χ0) is 19.1. The molecule has 2 aromatic heterocycles. The Hall–Kier alpha value is -2.06. The van der Waals surface area contributed by atoms with E-state index in [1.165, 1.54) is 6.08 Å². The van der Waals surface area contributed by atoms with E-state index in [2.05, 4.69) is 20.2 Å². The molecule has 0 aliphatic carbocycles. The molecule has 6 nitrogen and oxygen atoms in total. The minimum Gasteiger partial charge on any atom is -0.398 e. The summed E-state index contributed by atoms with van der Waals surface area (Å²) in [6, 6.07) is 0. The maximum absolute atomic E-state index is 15.0. The summed E-state index contributed by atoms with van der Waals surface area (Å²) in [4.78, 5) is 8.34. The van der Waals surface area contributed by atoms with Gasteiger partial charge in [0.2, 0.25) is 0 Å². The molecule has 0 bridgehead atoms. The van der Waals surface area contributed by atoms with Crippen LogP contribution in [0.25, 0.3) is 17.5 Å². The van der Waals surface area contributed by atoms with Gasteiger partial charge < -0.3 is 9.31 Å². The highest BCUT2D eigenvalue weighted by atomic mass is 19.1. The first-order valence-corrected chi connectivity index (χ1v) is 8.70. The van der Waals surface area contributed by atoms with Gasteiger partial charge in [0.05, 0.1) is 17.4 Å². The molecule has 0 saturated carbocycles. The van der Waals surface area contributed by atoms with Crippen molar-refractivity contribution in [1.29, 1.82) is 0 Å². The molecule has 0 radical (unpaired) electrons. The number of rotatable bonds is 4. The first kappa shape index (κ1) is 18.7. The molecular formula is C18H24BFN4O2. The third-order valence-electron chi connectivity index (χ3n) is 4.98. The monoisotopic (exact) mass is 358 g/mol. The molecule has 0 spiro atoms. The van der Waals surface area contributed by atoms with Crippen LogP contribution in [-0.4, -0.2) is 38.5 Å². The lowest BCUT2D eigenvalue weighted by Gasteiger charge is -2.32. The lowest BCUT2D eigenvalue weighted by Crippen LogP contribution is -2.41. The normalized spacial score (nSPS) is 19.4. The smallest absolute Gasteiger partial charge is 0.398 e. The quantitative estimate of drug-likeness (QED) is 0.839. The van der Waals surface area contributed by atoms with Crippen molar-refractivity contribution >= 4 is 13.2 Å². The lowest BCUT2D eigenvalue weighted by molar-refractivity contribution is 0.00578. The van der Waals surface area contributed by atoms with Gasteiger partial charge in [-0.1, -0.05) is 13.8 Å². The summed E-state index contributed by atoms with van der Waals surface area (Å²) >= 11 is 0. The summed E-state index contributed by atoms with van der Waals surface area (Å²) in [7, 11) is -1.05. The van der Waals surface area contributed by atoms with E-state index >= 15 is 4.39 Å². The van der Waals surface area contributed by atoms with Crippen LogP contribution in [-0.2, 0) is 9.31 Å². The molecule has 0 amide bonds. The molecule has 2 aromatic rings. The third kappa shape index (κ3) is 3.31. The second-order valence-corrected chi connectivity index (χ2v) is 7.76. The molecule has 138 valence electrons. The molecular weight excluding hydrogens is 334 g/mol. The number of aromatic nitrogens is 4. The van der Waals surface area contributed by atoms with E-state index in [-0.39, 0.29) is 5.92 Å². The van der Waals surface area contributed by atoms with Crippen molar-refractivity contribution in [3.8, 4) is 11.4 Å². The lowest BCUT2D eigenvalue weighted by atomic mass is 9.86. The zero-order valence-corrected chi connectivity index (χ0v) is 16.0. The second-order valence-electron chi connectivity index (χ2n) is 7.76. The molecule has 0 atom stereocenters. The number of hydrogen-bond donors (Lipinski definition) is 1. The molecule has 0 unspecified atom stereocenters. The summed E-state index contributed by atoms with van der Waals surface area (Å²) in [5.41, 5.74) is 0.862. The van der Waals surface area contributed by atoms with Crippen LogP contribution in [0.2, 0.25) is 0 Å². The topological polar surface area (TPSA) is 72.9 Å². The van der Waals surface area contributed by atoms with Crippen molar-refractivity contribution in [3.05, 3.63) is 35.6 Å². The Morgan fingerprint density at radius 2 is 1.85 bits per heavy atom. The van der Waals surface area contributed by atoms with Crippen molar-refractivity contribution in [1.82, 2.24) is 20.2 Å². The Bertz CT molecular complexity index is 802. The minimum absolute atomic E-state index is 0.130. The van der Waals surface area contributed by atoms with Gasteiger partial charge in [0.15, 0.2) is 0 Å². The molecule has 8 heteroatoms. The first-order chi connectivity index (χ1) is 12.1. The fourth-order valence-corrected chi connectivity index (χ4v) is 2.73. The van der Waals surface area contributed by atoms with Crippen molar-refractivity contribution < 1.29 is 13.7 Å². The second kappa shape index (κ2) is 6.59. The van der Waals surface area contributed by atoms with Crippen LogP contribution >= 0.6 is 0 Å². The summed E-state index contributed by atoms with van der Waals surface area (Å²) in [6.07, 6.45) is 6.19. The van der Waals surface area contributed by atoms with Crippen LogP contribution in [0.5, 0.6) is 0 Å². The molecule has 1 saturated heterocycles. The Morgan fingerprint density at radius 3 is 2.38 bits per heavy atom. The van der Waals surface area contributed by atoms with Crippen LogP contribution in [0.3, 0.4) is 0 Å². The Morgan fingerprint density at radius 1 is 1.19 bits per heavy atom. The fourth-order valence-electron chi connectivity index (χ4n) is 2.73. The number of H-pyrrole nitrogens is 1. The Labute approximate surface area is 153 Å². The van der Waals surface area contributed by atoms with Crippen molar-refractivity contribution in [2.75, 3.05) is 0 Å². The van der Waals surface area contributed by atoms with E-state index in [0.717, 1.165) is 5.69 Å². The number of halogens is 1. The summed E-state index contributed by atoms with van der Waals surface area (Å²) < 4.78 is 26.6. The van der Waals surface area contributed by atoms with E-state index in [9.17, 15) is 0 Å². The van der Waals surface area contributed by atoms with Gasteiger partial charge in [-0.3, -0.25) is 15.1 Å². The van der Waals surface area contributed by atoms with Crippen LogP contribution < -0.4 is 0 Å². The molecule has 0 aromatic carbocycles. The van der Waals surface area contributed by atoms with E-state index in [1.54, 1.807) is 18.6 Å². The van der Waals surface area contributed by atoms with Gasteiger partial charge in [0.25, 0.3) is 0 Å². The van der Waals surface area contributed by atoms with Crippen molar-refractivity contribution in [3.63, 3.8) is 0 Å². The van der Waals surface area contributed by atoms with Gasteiger partial charge >= 0.3 is 7.12 Å². The standard InChI is InChI=1S/C18H24BFN4O2/c1-11(2)15-12(16(24-23-15)13-10-21-7-8-22-13)9-14(20)19-25-17(3,4)18(5,6)26-19/h7-11H,1-6H3,(H,23,24). The summed E-state index contributed by atoms with van der Waals surface area (Å²) in [5, 5.41) is 7.31. The molecule has 3 rings (SSSR count). The molecule has 1 aliphatic heterocycles. The largest absolute Gasteiger partial charge is 0.525 e. The van der Waals surface area contributed by atoms with E-state index in [1.807, 2.05) is 41.5 Å². The highest BCUT2D eigenvalue weighted by molar-refractivity contribution is 6.54. The average molecular weight is 358 g/mol. The molecule has 1 N–H and O–H groups in total.